The molecule has 2 heterocycles. The molecule has 0 unspecified atom stereocenters. The zero-order chi connectivity index (χ0) is 20.1. The first-order chi connectivity index (χ1) is 13.4. The van der Waals surface area contributed by atoms with Gasteiger partial charge in [0.1, 0.15) is 6.20 Å². The van der Waals surface area contributed by atoms with E-state index in [-0.39, 0.29) is 12.6 Å². The molecule has 2 aromatic rings. The Labute approximate surface area is 157 Å². The third-order valence-corrected chi connectivity index (χ3v) is 3.55. The van der Waals surface area contributed by atoms with E-state index in [2.05, 4.69) is 10.3 Å². The first-order valence-corrected chi connectivity index (χ1v) is 7.78. The summed E-state index contributed by atoms with van der Waals surface area (Å²) in [6.07, 6.45) is 6.70. The Hall–Kier alpha value is -4.28. The average molecular weight is 384 g/mol. The standard InChI is InChI=1S/C17H12N4O7/c22-16(19-17-13(21(25)26)8-12(9-18-17)20(23)24)4-2-1-3-11-5-6-14-15(7-11)28-10-27-14/h1-9H,10H2,(H,18,19,22). The van der Waals surface area contributed by atoms with Crippen LogP contribution in [0.1, 0.15) is 5.56 Å². The number of nitrogens with one attached hydrogen (secondary N) is 1. The van der Waals surface area contributed by atoms with Gasteiger partial charge in [-0.1, -0.05) is 24.3 Å². The van der Waals surface area contributed by atoms with E-state index >= 15 is 0 Å². The van der Waals surface area contributed by atoms with Gasteiger partial charge in [0.2, 0.25) is 18.5 Å². The van der Waals surface area contributed by atoms with E-state index in [0.717, 1.165) is 23.9 Å². The van der Waals surface area contributed by atoms with E-state index < -0.39 is 27.1 Å². The number of rotatable bonds is 6. The summed E-state index contributed by atoms with van der Waals surface area (Å²) in [6.45, 7) is 0.172. The molecule has 1 aromatic carbocycles. The number of amides is 1. The summed E-state index contributed by atoms with van der Waals surface area (Å²) < 4.78 is 10.5. The number of nitrogens with zero attached hydrogens (tertiary/aromatic N) is 3. The molecule has 142 valence electrons. The predicted molar refractivity (Wildman–Crippen MR) is 96.9 cm³/mol. The molecule has 1 aliphatic rings. The molecule has 11 nitrogen and oxygen atoms in total. The average Bonchev–Trinajstić information content (AvgIpc) is 3.13. The van der Waals surface area contributed by atoms with Crippen LogP contribution in [0, 0.1) is 20.2 Å². The number of nitro groups is 2. The zero-order valence-electron chi connectivity index (χ0n) is 14.1. The molecule has 0 saturated heterocycles. The van der Waals surface area contributed by atoms with Gasteiger partial charge in [0.15, 0.2) is 11.5 Å². The molecule has 28 heavy (non-hydrogen) atoms. The van der Waals surface area contributed by atoms with Crippen molar-refractivity contribution in [3.8, 4) is 11.5 Å². The molecular weight excluding hydrogens is 372 g/mol. The van der Waals surface area contributed by atoms with Crippen molar-refractivity contribution in [2.24, 2.45) is 0 Å². The molecule has 0 aliphatic carbocycles. The topological polar surface area (TPSA) is 147 Å². The highest BCUT2D eigenvalue weighted by Gasteiger charge is 2.21. The second-order valence-corrected chi connectivity index (χ2v) is 5.40. The fourth-order valence-electron chi connectivity index (χ4n) is 2.26. The second kappa shape index (κ2) is 7.95. The maximum atomic E-state index is 11.9. The summed E-state index contributed by atoms with van der Waals surface area (Å²) in [7, 11) is 0. The second-order valence-electron chi connectivity index (χ2n) is 5.40. The number of anilines is 1. The first-order valence-electron chi connectivity index (χ1n) is 7.78. The molecule has 0 saturated carbocycles. The normalized spacial score (nSPS) is 12.4. The first kappa shape index (κ1) is 18.5. The third-order valence-electron chi connectivity index (χ3n) is 3.55. The number of ether oxygens (including phenoxy) is 2. The quantitative estimate of drug-likeness (QED) is 0.346. The predicted octanol–water partition coefficient (Wildman–Crippen LogP) is 2.83. The number of carbonyl (C=O) groups is 1. The lowest BCUT2D eigenvalue weighted by molar-refractivity contribution is -0.394. The highest BCUT2D eigenvalue weighted by molar-refractivity contribution is 6.00. The molecule has 0 bridgehead atoms. The molecule has 0 spiro atoms. The van der Waals surface area contributed by atoms with Crippen molar-refractivity contribution in [3.05, 3.63) is 74.5 Å². The van der Waals surface area contributed by atoms with Gasteiger partial charge in [-0.15, -0.1) is 0 Å². The fraction of sp³-hybridized carbons (Fsp3) is 0.0588. The van der Waals surface area contributed by atoms with Crippen LogP contribution in [0.5, 0.6) is 11.5 Å². The lowest BCUT2D eigenvalue weighted by Crippen LogP contribution is -2.11. The van der Waals surface area contributed by atoms with Gasteiger partial charge < -0.3 is 14.8 Å². The highest BCUT2D eigenvalue weighted by Crippen LogP contribution is 2.32. The summed E-state index contributed by atoms with van der Waals surface area (Å²) in [5.41, 5.74) is -0.402. The van der Waals surface area contributed by atoms with E-state index in [0.29, 0.717) is 11.5 Å². The van der Waals surface area contributed by atoms with Crippen LogP contribution in [0.4, 0.5) is 17.2 Å². The Morgan fingerprint density at radius 3 is 2.64 bits per heavy atom. The van der Waals surface area contributed by atoms with Crippen LogP contribution in [-0.2, 0) is 4.79 Å². The summed E-state index contributed by atoms with van der Waals surface area (Å²) in [6, 6.07) is 6.07. The third kappa shape index (κ3) is 4.27. The summed E-state index contributed by atoms with van der Waals surface area (Å²) in [5, 5.41) is 23.9. The van der Waals surface area contributed by atoms with Crippen LogP contribution in [0.3, 0.4) is 0 Å². The molecule has 1 aromatic heterocycles. The van der Waals surface area contributed by atoms with Gasteiger partial charge in [-0.2, -0.15) is 0 Å². The molecule has 11 heteroatoms. The summed E-state index contributed by atoms with van der Waals surface area (Å²) >= 11 is 0. The minimum Gasteiger partial charge on any atom is -0.454 e. The van der Waals surface area contributed by atoms with Crippen LogP contribution in [0.25, 0.3) is 6.08 Å². The molecule has 1 aliphatic heterocycles. The van der Waals surface area contributed by atoms with Crippen molar-refractivity contribution >= 4 is 29.2 Å². The minimum absolute atomic E-state index is 0.172. The van der Waals surface area contributed by atoms with Crippen molar-refractivity contribution in [1.29, 1.82) is 0 Å². The Morgan fingerprint density at radius 1 is 1.11 bits per heavy atom. The zero-order valence-corrected chi connectivity index (χ0v) is 14.1. The number of fused-ring (bicyclic) bond motifs is 1. The van der Waals surface area contributed by atoms with E-state index in [1.54, 1.807) is 24.3 Å². The molecular formula is C17H12N4O7. The minimum atomic E-state index is -0.862. The summed E-state index contributed by atoms with van der Waals surface area (Å²) in [5.74, 6) is 0.217. The fourth-order valence-corrected chi connectivity index (χ4v) is 2.26. The van der Waals surface area contributed by atoms with Crippen molar-refractivity contribution < 1.29 is 24.1 Å². The molecule has 0 radical (unpaired) electrons. The lowest BCUT2D eigenvalue weighted by Gasteiger charge is -2.02. The number of pyridine rings is 1. The molecule has 0 fully saturated rings. The van der Waals surface area contributed by atoms with Gasteiger partial charge in [0.25, 0.3) is 5.69 Å². The number of allylic oxidation sites excluding steroid dienone is 2. The maximum absolute atomic E-state index is 11.9. The van der Waals surface area contributed by atoms with Gasteiger partial charge >= 0.3 is 5.69 Å². The van der Waals surface area contributed by atoms with Crippen LogP contribution < -0.4 is 14.8 Å². The number of hydrogen-bond donors (Lipinski definition) is 1. The van der Waals surface area contributed by atoms with Gasteiger partial charge in [-0.3, -0.25) is 25.0 Å². The van der Waals surface area contributed by atoms with Crippen molar-refractivity contribution in [2.75, 3.05) is 12.1 Å². The van der Waals surface area contributed by atoms with Crippen molar-refractivity contribution in [3.63, 3.8) is 0 Å². The van der Waals surface area contributed by atoms with Crippen LogP contribution in [-0.4, -0.2) is 27.5 Å². The SMILES string of the molecule is O=C(C=CC=Cc1ccc2c(c1)OCO2)Nc1ncc([N+](=O)[O-])cc1[N+](=O)[O-]. The number of carbonyl (C=O) groups excluding carboxylic acids is 1. The number of hydrogen-bond acceptors (Lipinski definition) is 8. The highest BCUT2D eigenvalue weighted by atomic mass is 16.7. The lowest BCUT2D eigenvalue weighted by atomic mass is 10.2. The summed E-state index contributed by atoms with van der Waals surface area (Å²) in [4.78, 5) is 35.5. The Kier molecular flexibility index (Phi) is 5.25. The van der Waals surface area contributed by atoms with Crippen molar-refractivity contribution in [1.82, 2.24) is 4.98 Å². The monoisotopic (exact) mass is 384 g/mol. The van der Waals surface area contributed by atoms with E-state index in [1.807, 2.05) is 6.07 Å². The smallest absolute Gasteiger partial charge is 0.318 e. The number of aromatic nitrogens is 1. The van der Waals surface area contributed by atoms with Crippen molar-refractivity contribution in [2.45, 2.75) is 0 Å². The molecule has 1 N–H and O–H groups in total. The van der Waals surface area contributed by atoms with E-state index in [4.69, 9.17) is 9.47 Å². The molecule has 1 amide bonds. The van der Waals surface area contributed by atoms with E-state index in [1.165, 1.54) is 6.08 Å². The van der Waals surface area contributed by atoms with Crippen LogP contribution in [0.2, 0.25) is 0 Å². The van der Waals surface area contributed by atoms with Crippen LogP contribution in [0.15, 0.2) is 48.7 Å². The Morgan fingerprint density at radius 2 is 1.89 bits per heavy atom. The largest absolute Gasteiger partial charge is 0.454 e. The Bertz CT molecular complexity index is 1020. The number of benzene rings is 1. The molecule has 0 atom stereocenters. The molecule has 3 rings (SSSR count). The maximum Gasteiger partial charge on any atom is 0.318 e. The van der Waals surface area contributed by atoms with E-state index in [9.17, 15) is 25.0 Å². The Balaban J connectivity index is 1.65. The van der Waals surface area contributed by atoms with Gasteiger partial charge in [0.05, 0.1) is 15.9 Å². The van der Waals surface area contributed by atoms with Gasteiger partial charge in [0, 0.05) is 6.08 Å². The van der Waals surface area contributed by atoms with Crippen LogP contribution >= 0.6 is 0 Å². The van der Waals surface area contributed by atoms with Gasteiger partial charge in [-0.05, 0) is 17.7 Å². The van der Waals surface area contributed by atoms with Gasteiger partial charge in [-0.25, -0.2) is 4.98 Å².